The predicted molar refractivity (Wildman–Crippen MR) is 151 cm³/mol. The Balaban J connectivity index is 1.81. The number of thiol groups is 1. The van der Waals surface area contributed by atoms with E-state index >= 15 is 0 Å². The lowest BCUT2D eigenvalue weighted by Gasteiger charge is -2.47. The van der Waals surface area contributed by atoms with Gasteiger partial charge in [0.1, 0.15) is 34.8 Å². The van der Waals surface area contributed by atoms with Crippen molar-refractivity contribution in [2.45, 2.75) is 56.2 Å². The highest BCUT2D eigenvalue weighted by molar-refractivity contribution is 7.71. The van der Waals surface area contributed by atoms with Crippen LogP contribution in [0.1, 0.15) is 54.2 Å². The van der Waals surface area contributed by atoms with Gasteiger partial charge < -0.3 is 14.7 Å². The monoisotopic (exact) mass is 607 g/mol. The Hall–Kier alpha value is -2.98. The van der Waals surface area contributed by atoms with Crippen LogP contribution in [0.25, 0.3) is 0 Å². The van der Waals surface area contributed by atoms with Crippen LogP contribution >= 0.6 is 23.2 Å². The lowest BCUT2D eigenvalue weighted by Crippen LogP contribution is -2.57. The van der Waals surface area contributed by atoms with Crippen molar-refractivity contribution in [3.63, 3.8) is 0 Å². The SMILES string of the molecule is CCC[C@H](C(=O)O)N1C(=O)[C@H](Cc2ccc(C[SH](=O)=O)c(F)c2)O[C@@H](c2ccc(Cl)cc2)[C@H]1c1ccc(Cl)cc1. The normalized spacial score (nSPS) is 20.1. The number of hydrogen-bond donors (Lipinski definition) is 2. The van der Waals surface area contributed by atoms with Gasteiger partial charge in [-0.3, -0.25) is 4.79 Å². The number of carboxylic acids is 1. The molecule has 1 aliphatic rings. The second-order valence-electron chi connectivity index (χ2n) is 9.60. The molecule has 3 aromatic carbocycles. The highest BCUT2D eigenvalue weighted by Gasteiger charge is 2.48. The second-order valence-corrected chi connectivity index (χ2v) is 11.5. The topological polar surface area (TPSA) is 101 Å². The van der Waals surface area contributed by atoms with Gasteiger partial charge in [-0.25, -0.2) is 17.6 Å². The highest BCUT2D eigenvalue weighted by Crippen LogP contribution is 2.44. The summed E-state index contributed by atoms with van der Waals surface area (Å²) in [7, 11) is -2.81. The third kappa shape index (κ3) is 6.83. The Morgan fingerprint density at radius 2 is 1.62 bits per heavy atom. The summed E-state index contributed by atoms with van der Waals surface area (Å²) >= 11 is 12.3. The standard InChI is InChI=1S/C29H28Cl2FNO6S/c1-2-3-24(29(35)36)33-26(18-6-10-21(30)11-7-18)27(19-8-12-22(31)13-9-19)39-25(28(33)34)15-17-4-5-20(16-40(37)38)23(32)14-17/h4-14,24-27,40H,2-3,15-16H2,1H3,(H,35,36)/t24-,25+,26-,27+/m1/s1. The molecule has 4 atom stereocenters. The van der Waals surface area contributed by atoms with Gasteiger partial charge >= 0.3 is 5.97 Å². The van der Waals surface area contributed by atoms with Gasteiger partial charge in [-0.15, -0.1) is 0 Å². The van der Waals surface area contributed by atoms with E-state index in [9.17, 15) is 27.5 Å². The molecule has 4 rings (SSSR count). The minimum Gasteiger partial charge on any atom is -0.480 e. The van der Waals surface area contributed by atoms with Crippen molar-refractivity contribution in [2.24, 2.45) is 0 Å². The van der Waals surface area contributed by atoms with Gasteiger partial charge in [0.25, 0.3) is 5.91 Å². The number of amides is 1. The van der Waals surface area contributed by atoms with Crippen LogP contribution in [0.15, 0.2) is 66.7 Å². The summed E-state index contributed by atoms with van der Waals surface area (Å²) in [4.78, 5) is 27.9. The number of carbonyl (C=O) groups is 2. The third-order valence-corrected chi connectivity index (χ3v) is 7.96. The van der Waals surface area contributed by atoms with E-state index in [2.05, 4.69) is 0 Å². The molecule has 3 aromatic rings. The maximum atomic E-state index is 14.7. The van der Waals surface area contributed by atoms with Gasteiger partial charge in [0.2, 0.25) is 0 Å². The van der Waals surface area contributed by atoms with Crippen molar-refractivity contribution in [1.29, 1.82) is 0 Å². The number of ether oxygens (including phenoxy) is 1. The molecule has 212 valence electrons. The largest absolute Gasteiger partial charge is 0.480 e. The van der Waals surface area contributed by atoms with Gasteiger partial charge in [0.15, 0.2) is 0 Å². The Kier molecular flexibility index (Phi) is 9.84. The summed E-state index contributed by atoms with van der Waals surface area (Å²) in [5, 5.41) is 11.2. The first-order valence-corrected chi connectivity index (χ1v) is 14.8. The van der Waals surface area contributed by atoms with Gasteiger partial charge in [-0.2, -0.15) is 0 Å². The molecule has 0 aromatic heterocycles. The number of nitrogens with zero attached hydrogens (tertiary/aromatic N) is 1. The summed E-state index contributed by atoms with van der Waals surface area (Å²) in [6, 6.07) is 15.8. The minimum atomic E-state index is -2.81. The van der Waals surface area contributed by atoms with Crippen molar-refractivity contribution in [2.75, 3.05) is 0 Å². The van der Waals surface area contributed by atoms with E-state index in [4.69, 9.17) is 27.9 Å². The van der Waals surface area contributed by atoms with Gasteiger partial charge in [0.05, 0.1) is 11.8 Å². The third-order valence-electron chi connectivity index (χ3n) is 6.86. The molecule has 7 nitrogen and oxygen atoms in total. The first-order valence-electron chi connectivity index (χ1n) is 12.7. The van der Waals surface area contributed by atoms with Crippen LogP contribution < -0.4 is 0 Å². The molecule has 1 saturated heterocycles. The number of aliphatic carboxylic acids is 1. The van der Waals surface area contributed by atoms with Crippen molar-refractivity contribution >= 4 is 45.8 Å². The quantitative estimate of drug-likeness (QED) is 0.285. The van der Waals surface area contributed by atoms with E-state index in [0.717, 1.165) is 0 Å². The average Bonchev–Trinajstić information content (AvgIpc) is 2.91. The molecule has 0 radical (unpaired) electrons. The van der Waals surface area contributed by atoms with E-state index in [1.807, 2.05) is 6.92 Å². The fraction of sp³-hybridized carbons (Fsp3) is 0.310. The lowest BCUT2D eigenvalue weighted by atomic mass is 9.88. The predicted octanol–water partition coefficient (Wildman–Crippen LogP) is 5.75. The Morgan fingerprint density at radius 3 is 2.15 bits per heavy atom. The van der Waals surface area contributed by atoms with E-state index in [0.29, 0.717) is 33.2 Å². The highest BCUT2D eigenvalue weighted by atomic mass is 35.5. The molecule has 1 amide bonds. The molecule has 0 spiro atoms. The summed E-state index contributed by atoms with van der Waals surface area (Å²) in [5.41, 5.74) is 1.74. The molecule has 1 fully saturated rings. The second kappa shape index (κ2) is 13.1. The molecule has 40 heavy (non-hydrogen) atoms. The number of carboxylic acid groups (broad SMARTS) is 1. The van der Waals surface area contributed by atoms with Crippen molar-refractivity contribution in [1.82, 2.24) is 4.90 Å². The fourth-order valence-corrected chi connectivity index (χ4v) is 5.79. The zero-order chi connectivity index (χ0) is 29.0. The van der Waals surface area contributed by atoms with Crippen LogP contribution in [0.5, 0.6) is 0 Å². The maximum absolute atomic E-state index is 14.7. The van der Waals surface area contributed by atoms with Crippen LogP contribution in [0.2, 0.25) is 10.0 Å². The first-order chi connectivity index (χ1) is 19.1. The van der Waals surface area contributed by atoms with Crippen molar-refractivity contribution < 1.29 is 32.2 Å². The molecule has 0 saturated carbocycles. The van der Waals surface area contributed by atoms with Crippen LogP contribution in [-0.4, -0.2) is 42.4 Å². The van der Waals surface area contributed by atoms with E-state index in [1.54, 1.807) is 54.6 Å². The molecule has 1 heterocycles. The number of rotatable bonds is 10. The first kappa shape index (κ1) is 30.0. The van der Waals surface area contributed by atoms with Crippen LogP contribution in [0.3, 0.4) is 0 Å². The molecule has 11 heteroatoms. The van der Waals surface area contributed by atoms with Gasteiger partial charge in [-0.05, 0) is 53.4 Å². The molecule has 1 aliphatic heterocycles. The number of benzene rings is 3. The number of morpholine rings is 1. The Morgan fingerprint density at radius 1 is 1.02 bits per heavy atom. The fourth-order valence-electron chi connectivity index (χ4n) is 5.00. The van der Waals surface area contributed by atoms with Crippen LogP contribution in [0.4, 0.5) is 4.39 Å². The van der Waals surface area contributed by atoms with E-state index in [1.165, 1.54) is 17.0 Å². The van der Waals surface area contributed by atoms with Crippen LogP contribution in [0, 0.1) is 5.82 Å². The van der Waals surface area contributed by atoms with Crippen molar-refractivity contribution in [3.8, 4) is 0 Å². The zero-order valence-corrected chi connectivity index (χ0v) is 23.9. The zero-order valence-electron chi connectivity index (χ0n) is 21.5. The van der Waals surface area contributed by atoms with Crippen molar-refractivity contribution in [3.05, 3.63) is 105 Å². The number of hydrogen-bond acceptors (Lipinski definition) is 5. The van der Waals surface area contributed by atoms with E-state index in [-0.39, 0.29) is 18.4 Å². The molecule has 0 unspecified atom stereocenters. The Labute approximate surface area is 243 Å². The molecule has 0 aliphatic carbocycles. The Bertz CT molecular complexity index is 1440. The maximum Gasteiger partial charge on any atom is 0.326 e. The minimum absolute atomic E-state index is 0.0214. The summed E-state index contributed by atoms with van der Waals surface area (Å²) in [6.07, 6.45) is -1.24. The molecule has 0 bridgehead atoms. The number of halogens is 3. The molecular formula is C29H28Cl2FNO6S. The lowest BCUT2D eigenvalue weighted by molar-refractivity contribution is -0.184. The summed E-state index contributed by atoms with van der Waals surface area (Å²) in [6.45, 7) is 1.84. The number of carbonyl (C=O) groups excluding carboxylic acids is 1. The average molecular weight is 609 g/mol. The van der Waals surface area contributed by atoms with E-state index < -0.39 is 58.4 Å². The smallest absolute Gasteiger partial charge is 0.326 e. The summed E-state index contributed by atoms with van der Waals surface area (Å²) < 4.78 is 43.2. The molecular weight excluding hydrogens is 580 g/mol. The molecule has 1 N–H and O–H groups in total. The summed E-state index contributed by atoms with van der Waals surface area (Å²) in [5.74, 6) is -2.84. The van der Waals surface area contributed by atoms with Crippen LogP contribution in [-0.2, 0) is 37.2 Å². The van der Waals surface area contributed by atoms with Gasteiger partial charge in [-0.1, -0.05) is 72.9 Å². The van der Waals surface area contributed by atoms with Gasteiger partial charge in [0, 0.05) is 22.0 Å².